The molecule has 0 unspecified atom stereocenters. The van der Waals surface area contributed by atoms with Gasteiger partial charge in [-0.25, -0.2) is 0 Å². The molecule has 0 aliphatic heterocycles. The maximum absolute atomic E-state index is 12.8. The summed E-state index contributed by atoms with van der Waals surface area (Å²) in [7, 11) is -3.03. The fourth-order valence-corrected chi connectivity index (χ4v) is 4.40. The van der Waals surface area contributed by atoms with Gasteiger partial charge in [0, 0.05) is 0 Å². The van der Waals surface area contributed by atoms with Gasteiger partial charge in [-0.15, -0.1) is 0 Å². The van der Waals surface area contributed by atoms with Crippen LogP contribution in [0.25, 0.3) is 0 Å². The van der Waals surface area contributed by atoms with Gasteiger partial charge in [0.2, 0.25) is 0 Å². The first-order chi connectivity index (χ1) is 11.1. The van der Waals surface area contributed by atoms with Crippen molar-refractivity contribution in [2.24, 2.45) is 0 Å². The van der Waals surface area contributed by atoms with E-state index in [-0.39, 0.29) is 0 Å². The van der Waals surface area contributed by atoms with E-state index in [0.29, 0.717) is 19.4 Å². The average Bonchev–Trinajstić information content (AvgIpc) is 2.51. The lowest BCUT2D eigenvalue weighted by molar-refractivity contribution is 0.219. The van der Waals surface area contributed by atoms with Crippen LogP contribution in [0, 0.1) is 0 Å². The van der Waals surface area contributed by atoms with Crippen molar-refractivity contribution in [3.05, 3.63) is 34.9 Å². The molecule has 0 aliphatic rings. The lowest BCUT2D eigenvalue weighted by Crippen LogP contribution is -2.01. The van der Waals surface area contributed by atoms with Crippen LogP contribution in [-0.2, 0) is 32.6 Å². The topological polar surface area (TPSA) is 35.5 Å². The molecule has 0 atom stereocenters. The molecule has 1 aromatic rings. The van der Waals surface area contributed by atoms with Crippen LogP contribution < -0.4 is 0 Å². The molecule has 0 radical (unpaired) electrons. The van der Waals surface area contributed by atoms with E-state index in [2.05, 4.69) is 32.0 Å². The van der Waals surface area contributed by atoms with E-state index in [1.54, 1.807) is 0 Å². The predicted octanol–water partition coefficient (Wildman–Crippen LogP) is 6.14. The summed E-state index contributed by atoms with van der Waals surface area (Å²) >= 11 is 0. The number of benzene rings is 1. The van der Waals surface area contributed by atoms with E-state index in [1.165, 1.54) is 36.8 Å². The second kappa shape index (κ2) is 11.0. The molecule has 0 aromatic heterocycles. The summed E-state index contributed by atoms with van der Waals surface area (Å²) in [5.74, 6) is 0. The summed E-state index contributed by atoms with van der Waals surface area (Å²) in [5, 5.41) is 0. The minimum absolute atomic E-state index is 0.369. The molecule has 0 fully saturated rings. The highest BCUT2D eigenvalue weighted by molar-refractivity contribution is 7.53. The molecule has 0 bridgehead atoms. The van der Waals surface area contributed by atoms with Crippen molar-refractivity contribution in [2.75, 3.05) is 13.2 Å². The SMILES string of the molecule is CCCCc1cc(CCCC)cc(CP(=O)(OCC)OCC)c1. The Morgan fingerprint density at radius 2 is 1.22 bits per heavy atom. The van der Waals surface area contributed by atoms with Gasteiger partial charge in [0.1, 0.15) is 0 Å². The average molecular weight is 340 g/mol. The molecule has 1 rings (SSSR count). The second-order valence-electron chi connectivity index (χ2n) is 5.97. The van der Waals surface area contributed by atoms with Crippen LogP contribution in [0.15, 0.2) is 18.2 Å². The molecule has 0 saturated carbocycles. The third-order valence-corrected chi connectivity index (χ3v) is 5.83. The standard InChI is InChI=1S/C19H33O3P/c1-5-9-11-17-13-18(12-10-6-2)15-19(14-17)16-23(20,21-7-3)22-8-4/h13-15H,5-12,16H2,1-4H3. The Labute approximate surface area is 142 Å². The summed E-state index contributed by atoms with van der Waals surface area (Å²) in [6, 6.07) is 6.66. The van der Waals surface area contributed by atoms with E-state index < -0.39 is 7.60 Å². The van der Waals surface area contributed by atoms with E-state index in [4.69, 9.17) is 9.05 Å². The smallest absolute Gasteiger partial charge is 0.309 e. The molecule has 1 aromatic carbocycles. The normalized spacial score (nSPS) is 11.8. The van der Waals surface area contributed by atoms with Crippen molar-refractivity contribution in [1.82, 2.24) is 0 Å². The Morgan fingerprint density at radius 1 is 0.783 bits per heavy atom. The van der Waals surface area contributed by atoms with Crippen molar-refractivity contribution >= 4 is 7.60 Å². The quantitative estimate of drug-likeness (QED) is 0.429. The summed E-state index contributed by atoms with van der Waals surface area (Å²) in [6.45, 7) is 8.96. The Kier molecular flexibility index (Phi) is 9.78. The lowest BCUT2D eigenvalue weighted by Gasteiger charge is -2.18. The van der Waals surface area contributed by atoms with Gasteiger partial charge in [-0.1, -0.05) is 44.9 Å². The van der Waals surface area contributed by atoms with Crippen LogP contribution in [0.5, 0.6) is 0 Å². The molecule has 0 heterocycles. The molecule has 0 amide bonds. The maximum Gasteiger partial charge on any atom is 0.335 e. The van der Waals surface area contributed by atoms with Gasteiger partial charge in [0.05, 0.1) is 19.4 Å². The molecule has 132 valence electrons. The van der Waals surface area contributed by atoms with Crippen molar-refractivity contribution in [3.63, 3.8) is 0 Å². The Hall–Kier alpha value is -0.630. The first-order valence-electron chi connectivity index (χ1n) is 9.06. The van der Waals surface area contributed by atoms with Crippen molar-refractivity contribution in [2.45, 2.75) is 72.4 Å². The Morgan fingerprint density at radius 3 is 1.61 bits per heavy atom. The first-order valence-corrected chi connectivity index (χ1v) is 10.8. The van der Waals surface area contributed by atoms with Gasteiger partial charge in [-0.05, 0) is 56.2 Å². The van der Waals surface area contributed by atoms with E-state index in [9.17, 15) is 4.57 Å². The fourth-order valence-electron chi connectivity index (χ4n) is 2.73. The van der Waals surface area contributed by atoms with E-state index in [1.807, 2.05) is 13.8 Å². The largest absolute Gasteiger partial charge is 0.335 e. The minimum Gasteiger partial charge on any atom is -0.309 e. The van der Waals surface area contributed by atoms with Crippen molar-refractivity contribution in [3.8, 4) is 0 Å². The van der Waals surface area contributed by atoms with Crippen molar-refractivity contribution < 1.29 is 13.6 Å². The molecule has 23 heavy (non-hydrogen) atoms. The first kappa shape index (κ1) is 20.4. The summed E-state index contributed by atoms with van der Waals surface area (Å²) in [6.07, 6.45) is 7.27. The predicted molar refractivity (Wildman–Crippen MR) is 98.2 cm³/mol. The zero-order chi connectivity index (χ0) is 17.1. The zero-order valence-electron chi connectivity index (χ0n) is 15.3. The second-order valence-corrected chi connectivity index (χ2v) is 8.02. The summed E-state index contributed by atoms with van der Waals surface area (Å²) < 4.78 is 23.7. The van der Waals surface area contributed by atoms with Gasteiger partial charge in [0.15, 0.2) is 0 Å². The van der Waals surface area contributed by atoms with E-state index in [0.717, 1.165) is 18.4 Å². The highest BCUT2D eigenvalue weighted by Crippen LogP contribution is 2.51. The zero-order valence-corrected chi connectivity index (χ0v) is 16.2. The highest BCUT2D eigenvalue weighted by atomic mass is 31.2. The van der Waals surface area contributed by atoms with Crippen LogP contribution in [0.3, 0.4) is 0 Å². The van der Waals surface area contributed by atoms with Gasteiger partial charge in [-0.3, -0.25) is 4.57 Å². The summed E-state index contributed by atoms with van der Waals surface area (Å²) in [4.78, 5) is 0. The number of unbranched alkanes of at least 4 members (excludes halogenated alkanes) is 2. The van der Waals surface area contributed by atoms with E-state index >= 15 is 0 Å². The summed E-state index contributed by atoms with van der Waals surface area (Å²) in [5.41, 5.74) is 3.76. The number of rotatable bonds is 12. The van der Waals surface area contributed by atoms with Crippen LogP contribution in [0.1, 0.15) is 70.1 Å². The third-order valence-electron chi connectivity index (χ3n) is 3.78. The highest BCUT2D eigenvalue weighted by Gasteiger charge is 2.24. The van der Waals surface area contributed by atoms with Crippen LogP contribution in [0.4, 0.5) is 0 Å². The fraction of sp³-hybridized carbons (Fsp3) is 0.684. The molecular formula is C19H33O3P. The third kappa shape index (κ3) is 7.65. The molecular weight excluding hydrogens is 307 g/mol. The Balaban J connectivity index is 2.99. The monoisotopic (exact) mass is 340 g/mol. The molecule has 0 saturated heterocycles. The van der Waals surface area contributed by atoms with Gasteiger partial charge >= 0.3 is 7.60 Å². The lowest BCUT2D eigenvalue weighted by atomic mass is 9.99. The molecule has 3 nitrogen and oxygen atoms in total. The maximum atomic E-state index is 12.8. The molecule has 0 aliphatic carbocycles. The molecule has 0 spiro atoms. The number of hydrogen-bond acceptors (Lipinski definition) is 3. The van der Waals surface area contributed by atoms with Crippen molar-refractivity contribution in [1.29, 1.82) is 0 Å². The van der Waals surface area contributed by atoms with Crippen LogP contribution >= 0.6 is 7.60 Å². The van der Waals surface area contributed by atoms with Gasteiger partial charge in [0.25, 0.3) is 0 Å². The Bertz CT molecular complexity index is 463. The number of hydrogen-bond donors (Lipinski definition) is 0. The molecule has 4 heteroatoms. The van der Waals surface area contributed by atoms with Gasteiger partial charge < -0.3 is 9.05 Å². The van der Waals surface area contributed by atoms with Crippen LogP contribution in [-0.4, -0.2) is 13.2 Å². The minimum atomic E-state index is -3.03. The molecule has 0 N–H and O–H groups in total. The van der Waals surface area contributed by atoms with Crippen LogP contribution in [0.2, 0.25) is 0 Å². The number of aryl methyl sites for hydroxylation is 2. The van der Waals surface area contributed by atoms with Gasteiger partial charge in [-0.2, -0.15) is 0 Å².